The molecule has 0 aliphatic rings. The summed E-state index contributed by atoms with van der Waals surface area (Å²) in [6.45, 7) is 10.4. The second kappa shape index (κ2) is 13.9. The average Bonchev–Trinajstić information content (AvgIpc) is 3.16. The zero-order valence-electron chi connectivity index (χ0n) is 26.3. The lowest BCUT2D eigenvalue weighted by atomic mass is 10.3. The van der Waals surface area contributed by atoms with Crippen LogP contribution in [0.4, 0.5) is 0 Å². The summed E-state index contributed by atoms with van der Waals surface area (Å²) < 4.78 is 0. The topological polar surface area (TPSA) is 0 Å². The summed E-state index contributed by atoms with van der Waals surface area (Å²) in [5.41, 5.74) is 0. The predicted molar refractivity (Wildman–Crippen MR) is 213 cm³/mol. The Morgan fingerprint density at radius 2 is 0.553 bits per heavy atom. The largest absolute Gasteiger partial charge is 0.165 e. The summed E-state index contributed by atoms with van der Waals surface area (Å²) in [6.07, 6.45) is 0. The highest BCUT2D eigenvalue weighted by molar-refractivity contribution is 7.99. The SMILES string of the molecule is [CH2-][P+](c1ccccc1)(c1ccccc1)c1ccccc1P(c1ccccc1)c1ccccc1[P+]([CH2-])(c1ccccc1)c1ccccc1. The van der Waals surface area contributed by atoms with E-state index in [2.05, 4.69) is 200 Å². The maximum absolute atomic E-state index is 5.19. The Bertz CT molecular complexity index is 1830. The van der Waals surface area contributed by atoms with Gasteiger partial charge in [0.1, 0.15) is 0 Å². The number of hydrogen-bond donors (Lipinski definition) is 0. The fourth-order valence-corrected chi connectivity index (χ4v) is 16.6. The average molecular weight is 659 g/mol. The van der Waals surface area contributed by atoms with E-state index in [0.29, 0.717) is 0 Å². The number of rotatable bonds is 9. The van der Waals surface area contributed by atoms with Crippen molar-refractivity contribution in [3.8, 4) is 0 Å². The third kappa shape index (κ3) is 5.93. The van der Waals surface area contributed by atoms with Crippen LogP contribution in [0.5, 0.6) is 0 Å². The lowest BCUT2D eigenvalue weighted by molar-refractivity contribution is 1.73. The Balaban J connectivity index is 1.54. The highest BCUT2D eigenvalue weighted by Gasteiger charge is 2.41. The van der Waals surface area contributed by atoms with Crippen molar-refractivity contribution in [2.45, 2.75) is 0 Å². The molecule has 0 aliphatic carbocycles. The van der Waals surface area contributed by atoms with Crippen molar-refractivity contribution in [3.63, 3.8) is 0 Å². The Morgan fingerprint density at radius 1 is 0.298 bits per heavy atom. The molecule has 0 N–H and O–H groups in total. The zero-order valence-corrected chi connectivity index (χ0v) is 29.0. The van der Waals surface area contributed by atoms with Crippen LogP contribution in [0, 0.1) is 13.3 Å². The molecule has 0 heterocycles. The van der Waals surface area contributed by atoms with Gasteiger partial charge in [-0.15, -0.1) is 0 Å². The fraction of sp³-hybridized carbons (Fsp3) is 0. The maximum atomic E-state index is 5.19. The molecule has 0 saturated carbocycles. The van der Waals surface area contributed by atoms with Crippen LogP contribution in [0.15, 0.2) is 200 Å². The molecule has 47 heavy (non-hydrogen) atoms. The molecule has 0 spiro atoms. The molecule has 0 nitrogen and oxygen atoms in total. The molecule has 0 bridgehead atoms. The van der Waals surface area contributed by atoms with E-state index in [1.807, 2.05) is 0 Å². The van der Waals surface area contributed by atoms with E-state index in [-0.39, 0.29) is 0 Å². The molecule has 0 saturated heterocycles. The standard InChI is InChI=1S/C44H37P3/c1-46(37-24-10-4-11-25-37,38-26-12-5-13-27-38)43-34-20-18-32-41(43)45(36-22-8-3-9-23-36)42-33-19-21-35-44(42)47(2,39-28-14-6-15-29-39)40-30-16-7-17-31-40/h3-35H,1-2H2. The van der Waals surface area contributed by atoms with Gasteiger partial charge in [-0.1, -0.05) is 127 Å². The maximum Gasteiger partial charge on any atom is 0.0831 e. The minimum absolute atomic E-state index is 1.00. The summed E-state index contributed by atoms with van der Waals surface area (Å²) >= 11 is 0. The van der Waals surface area contributed by atoms with E-state index in [9.17, 15) is 0 Å². The first-order chi connectivity index (χ1) is 23.1. The van der Waals surface area contributed by atoms with Gasteiger partial charge in [0.25, 0.3) is 0 Å². The second-order valence-corrected chi connectivity index (χ2v) is 20.0. The third-order valence-corrected chi connectivity index (χ3v) is 18.9. The molecule has 3 heteroatoms. The zero-order chi connectivity index (χ0) is 32.1. The Labute approximate surface area is 282 Å². The van der Waals surface area contributed by atoms with E-state index < -0.39 is 22.4 Å². The summed E-state index contributed by atoms with van der Waals surface area (Å²) in [5.74, 6) is 0. The van der Waals surface area contributed by atoms with Gasteiger partial charge < -0.3 is 0 Å². The summed E-state index contributed by atoms with van der Waals surface area (Å²) in [5, 5.41) is 11.8. The molecule has 0 unspecified atom stereocenters. The predicted octanol–water partition coefficient (Wildman–Crippen LogP) is 7.62. The molecular formula is C44H37P3. The molecule has 7 aromatic rings. The fourth-order valence-electron chi connectivity index (χ4n) is 6.52. The van der Waals surface area contributed by atoms with Crippen molar-refractivity contribution in [1.82, 2.24) is 0 Å². The van der Waals surface area contributed by atoms with Crippen LogP contribution in [0.25, 0.3) is 0 Å². The first kappa shape index (κ1) is 31.4. The number of benzene rings is 7. The van der Waals surface area contributed by atoms with Gasteiger partial charge in [0, 0.05) is 10.6 Å². The van der Waals surface area contributed by atoms with Crippen molar-refractivity contribution in [2.24, 2.45) is 0 Å². The van der Waals surface area contributed by atoms with Crippen LogP contribution in [-0.2, 0) is 0 Å². The van der Waals surface area contributed by atoms with Gasteiger partial charge in [0.15, 0.2) is 0 Å². The van der Waals surface area contributed by atoms with Crippen LogP contribution >= 0.6 is 22.4 Å². The lowest BCUT2D eigenvalue weighted by Crippen LogP contribution is -2.43. The summed E-state index contributed by atoms with van der Waals surface area (Å²) in [4.78, 5) is 0. The van der Waals surface area contributed by atoms with Gasteiger partial charge in [0.05, 0.1) is 31.8 Å². The van der Waals surface area contributed by atoms with E-state index in [4.69, 9.17) is 13.3 Å². The number of hydrogen-bond acceptors (Lipinski definition) is 0. The van der Waals surface area contributed by atoms with Crippen LogP contribution < -0.4 is 47.7 Å². The molecular weight excluding hydrogens is 621 g/mol. The van der Waals surface area contributed by atoms with E-state index in [0.717, 1.165) is 0 Å². The monoisotopic (exact) mass is 658 g/mol. The van der Waals surface area contributed by atoms with Gasteiger partial charge in [-0.05, 0) is 101 Å². The highest BCUT2D eigenvalue weighted by Crippen LogP contribution is 2.57. The molecule has 0 amide bonds. The van der Waals surface area contributed by atoms with Crippen molar-refractivity contribution in [1.29, 1.82) is 0 Å². The van der Waals surface area contributed by atoms with Crippen LogP contribution in [0.1, 0.15) is 0 Å². The summed E-state index contributed by atoms with van der Waals surface area (Å²) in [7, 11) is -5.54. The van der Waals surface area contributed by atoms with Gasteiger partial charge >= 0.3 is 0 Å². The van der Waals surface area contributed by atoms with Gasteiger partial charge in [0.2, 0.25) is 0 Å². The van der Waals surface area contributed by atoms with Crippen molar-refractivity contribution in [2.75, 3.05) is 0 Å². The Hall–Kier alpha value is -4.17. The summed E-state index contributed by atoms with van der Waals surface area (Å²) in [6, 6.07) is 73.0. The second-order valence-electron chi connectivity index (χ2n) is 11.6. The minimum Gasteiger partial charge on any atom is -0.165 e. The molecule has 7 rings (SSSR count). The molecule has 7 aromatic carbocycles. The quantitative estimate of drug-likeness (QED) is 0.111. The molecule has 228 valence electrons. The van der Waals surface area contributed by atoms with Gasteiger partial charge in [-0.3, -0.25) is 0 Å². The van der Waals surface area contributed by atoms with E-state index in [1.54, 1.807) is 0 Å². The van der Waals surface area contributed by atoms with Crippen molar-refractivity contribution >= 4 is 70.2 Å². The van der Waals surface area contributed by atoms with Crippen molar-refractivity contribution in [3.05, 3.63) is 214 Å². The Kier molecular flexibility index (Phi) is 9.30. The smallest absolute Gasteiger partial charge is 0.0831 e. The normalized spacial score (nSPS) is 11.8. The van der Waals surface area contributed by atoms with Crippen LogP contribution in [-0.4, -0.2) is 0 Å². The molecule has 0 fully saturated rings. The van der Waals surface area contributed by atoms with Crippen LogP contribution in [0.3, 0.4) is 0 Å². The molecule has 0 aromatic heterocycles. The molecule has 0 atom stereocenters. The van der Waals surface area contributed by atoms with Gasteiger partial charge in [-0.25, -0.2) is 0 Å². The first-order valence-corrected chi connectivity index (χ1v) is 21.1. The minimum atomic E-state index is -2.27. The third-order valence-electron chi connectivity index (χ3n) is 8.87. The van der Waals surface area contributed by atoms with E-state index >= 15 is 0 Å². The highest BCUT2D eigenvalue weighted by atomic mass is 31.2. The van der Waals surface area contributed by atoms with Gasteiger partial charge in [-0.2, -0.15) is 13.3 Å². The molecule has 0 radical (unpaired) electrons. The van der Waals surface area contributed by atoms with E-state index in [1.165, 1.54) is 47.7 Å². The van der Waals surface area contributed by atoms with Crippen molar-refractivity contribution < 1.29 is 0 Å². The van der Waals surface area contributed by atoms with Crippen LogP contribution in [0.2, 0.25) is 0 Å². The first-order valence-electron chi connectivity index (χ1n) is 15.9. The molecule has 0 aliphatic heterocycles. The Morgan fingerprint density at radius 3 is 0.872 bits per heavy atom. The lowest BCUT2D eigenvalue weighted by Gasteiger charge is -2.36.